The van der Waals surface area contributed by atoms with Gasteiger partial charge < -0.3 is 20.2 Å². The highest BCUT2D eigenvalue weighted by Crippen LogP contribution is 2.33. The molecule has 1 radical (unpaired) electrons. The van der Waals surface area contributed by atoms with E-state index in [0.29, 0.717) is 12.4 Å². The molecular formula is C23H40BN2O3S. The van der Waals surface area contributed by atoms with E-state index in [2.05, 4.69) is 23.8 Å². The number of aliphatic hydroxyl groups is 1. The highest BCUT2D eigenvalue weighted by Gasteiger charge is 2.35. The van der Waals surface area contributed by atoms with Crippen LogP contribution in [0.15, 0.2) is 35.0 Å². The molecule has 3 N–H and O–H groups in total. The normalized spacial score (nSPS) is 15.1. The Hall–Kier alpha value is -1.28. The number of allylic oxidation sites excluding steroid dienone is 2. The largest absolute Gasteiger partial charge is 0.427 e. The lowest BCUT2D eigenvalue weighted by Gasteiger charge is -2.37. The number of ether oxygens (including phenoxy) is 1. The van der Waals surface area contributed by atoms with Crippen molar-refractivity contribution in [2.24, 2.45) is 10.7 Å². The fraction of sp³-hybridized carbons (Fsp3) is 0.609. The quantitative estimate of drug-likeness (QED) is 0.318. The molecule has 0 aromatic heterocycles. The highest BCUT2D eigenvalue weighted by molar-refractivity contribution is 8.32. The monoisotopic (exact) mass is 435 g/mol. The minimum Gasteiger partial charge on any atom is -0.427 e. The van der Waals surface area contributed by atoms with Gasteiger partial charge in [0.25, 0.3) is 0 Å². The highest BCUT2D eigenvalue weighted by atomic mass is 32.3. The average molecular weight is 435 g/mol. The van der Waals surface area contributed by atoms with E-state index in [-0.39, 0.29) is 0 Å². The Kier molecular flexibility index (Phi) is 9.68. The molecule has 0 atom stereocenters. The van der Waals surface area contributed by atoms with E-state index in [1.807, 2.05) is 52.0 Å². The van der Waals surface area contributed by atoms with E-state index in [1.54, 1.807) is 21.3 Å². The zero-order valence-electron chi connectivity index (χ0n) is 20.2. The van der Waals surface area contributed by atoms with Crippen molar-refractivity contribution >= 4 is 34.3 Å². The Balaban J connectivity index is 2.80. The molecular weight excluding hydrogens is 395 g/mol. The van der Waals surface area contributed by atoms with E-state index in [1.165, 1.54) is 0 Å². The van der Waals surface area contributed by atoms with Gasteiger partial charge in [-0.1, -0.05) is 29.7 Å². The molecule has 169 valence electrons. The maximum absolute atomic E-state index is 10.2. The van der Waals surface area contributed by atoms with Gasteiger partial charge in [-0.25, -0.2) is 10.0 Å². The summed E-state index contributed by atoms with van der Waals surface area (Å²) in [7, 11) is 1.12. The molecule has 0 spiro atoms. The van der Waals surface area contributed by atoms with Crippen molar-refractivity contribution in [3.8, 4) is 0 Å². The number of rotatable bonds is 11. The first-order valence-electron chi connectivity index (χ1n) is 10.2. The number of hydrogen-bond acceptors (Lipinski definition) is 5. The minimum atomic E-state index is -0.958. The van der Waals surface area contributed by atoms with Gasteiger partial charge in [0.2, 0.25) is 0 Å². The minimum absolute atomic E-state index is 0.337. The number of nitrogens with two attached hydrogens (primary N) is 1. The van der Waals surface area contributed by atoms with Crippen LogP contribution in [0, 0.1) is 0 Å². The van der Waals surface area contributed by atoms with Crippen molar-refractivity contribution in [2.75, 3.05) is 37.9 Å². The van der Waals surface area contributed by atoms with Gasteiger partial charge >= 0.3 is 7.48 Å². The molecule has 0 aliphatic carbocycles. The molecule has 0 amide bonds. The summed E-state index contributed by atoms with van der Waals surface area (Å²) in [6.07, 6.45) is 6.84. The van der Waals surface area contributed by atoms with Gasteiger partial charge in [0.05, 0.1) is 17.8 Å². The Morgan fingerprint density at radius 1 is 1.10 bits per heavy atom. The molecule has 1 aromatic rings. The first-order valence-corrected chi connectivity index (χ1v) is 13.2. The lowest BCUT2D eigenvalue weighted by atomic mass is 9.82. The number of hydrogen-bond donors (Lipinski definition) is 2. The van der Waals surface area contributed by atoms with Crippen molar-refractivity contribution in [1.82, 2.24) is 0 Å². The van der Waals surface area contributed by atoms with Gasteiger partial charge in [-0.05, 0) is 65.9 Å². The smallest absolute Gasteiger partial charge is 0.330 e. The SMILES string of the molecule is C/C(N)=C(/C(C)=N/COCCS(C)(C)C)c1ccc([B]OC(C)(C)C(C)(C)O)cc1. The molecule has 0 heterocycles. The summed E-state index contributed by atoms with van der Waals surface area (Å²) in [6, 6.07) is 7.94. The third-order valence-corrected chi connectivity index (χ3v) is 6.54. The summed E-state index contributed by atoms with van der Waals surface area (Å²) in [5.74, 6) is 1.07. The van der Waals surface area contributed by atoms with Gasteiger partial charge in [-0.15, -0.1) is 0 Å². The third-order valence-electron chi connectivity index (χ3n) is 5.15. The second-order valence-corrected chi connectivity index (χ2v) is 14.2. The van der Waals surface area contributed by atoms with E-state index < -0.39 is 21.2 Å². The molecule has 1 rings (SSSR count). The molecule has 30 heavy (non-hydrogen) atoms. The van der Waals surface area contributed by atoms with Crippen molar-refractivity contribution < 1.29 is 14.5 Å². The van der Waals surface area contributed by atoms with Crippen LogP contribution >= 0.6 is 10.0 Å². The Morgan fingerprint density at radius 3 is 2.13 bits per heavy atom. The molecule has 0 saturated carbocycles. The number of benzene rings is 1. The van der Waals surface area contributed by atoms with Crippen LogP contribution in [0.1, 0.15) is 47.1 Å². The van der Waals surface area contributed by atoms with Crippen LogP contribution in [0.2, 0.25) is 0 Å². The second-order valence-electron chi connectivity index (χ2n) is 9.56. The van der Waals surface area contributed by atoms with Gasteiger partial charge in [-0.2, -0.15) is 0 Å². The molecule has 0 unspecified atom stereocenters. The molecule has 1 aromatic carbocycles. The average Bonchev–Trinajstić information content (AvgIpc) is 2.58. The van der Waals surface area contributed by atoms with Crippen molar-refractivity contribution in [2.45, 2.75) is 52.7 Å². The Morgan fingerprint density at radius 2 is 1.67 bits per heavy atom. The van der Waals surface area contributed by atoms with Crippen LogP contribution in [0.4, 0.5) is 0 Å². The van der Waals surface area contributed by atoms with Gasteiger partial charge in [0.1, 0.15) is 6.73 Å². The predicted molar refractivity (Wildman–Crippen MR) is 134 cm³/mol. The van der Waals surface area contributed by atoms with E-state index in [4.69, 9.17) is 15.1 Å². The fourth-order valence-electron chi connectivity index (χ4n) is 2.40. The lowest BCUT2D eigenvalue weighted by molar-refractivity contribution is -0.0893. The van der Waals surface area contributed by atoms with Crippen LogP contribution < -0.4 is 11.2 Å². The molecule has 0 fully saturated rings. The molecule has 0 aliphatic heterocycles. The standard InChI is InChI=1S/C23H40BN2O3S/c1-17(25)21(18(2)26-16-28-14-15-30(7,8)9)19-10-12-20(13-11-19)24-29-23(5,6)22(3,4)27/h10-13,27H,14-16,25H2,1-9H3/b21-17+,26-18+. The summed E-state index contributed by atoms with van der Waals surface area (Å²) in [6.45, 7) is 12.1. The number of aliphatic imine (C=N–C) groups is 1. The van der Waals surface area contributed by atoms with Crippen LogP contribution in [0.25, 0.3) is 5.57 Å². The first kappa shape index (κ1) is 26.8. The van der Waals surface area contributed by atoms with Crippen molar-refractivity contribution in [3.63, 3.8) is 0 Å². The van der Waals surface area contributed by atoms with Crippen molar-refractivity contribution in [3.05, 3.63) is 35.5 Å². The van der Waals surface area contributed by atoms with E-state index in [9.17, 15) is 5.11 Å². The van der Waals surface area contributed by atoms with Crippen LogP contribution in [0.3, 0.4) is 0 Å². The summed E-state index contributed by atoms with van der Waals surface area (Å²) < 4.78 is 11.5. The van der Waals surface area contributed by atoms with Crippen molar-refractivity contribution in [1.29, 1.82) is 0 Å². The first-order chi connectivity index (χ1) is 13.6. The molecule has 0 aliphatic rings. The van der Waals surface area contributed by atoms with Crippen LogP contribution in [-0.2, 0) is 9.39 Å². The summed E-state index contributed by atoms with van der Waals surface area (Å²) in [4.78, 5) is 4.57. The van der Waals surface area contributed by atoms with Gasteiger partial charge in [0, 0.05) is 22.7 Å². The van der Waals surface area contributed by atoms with E-state index >= 15 is 0 Å². The fourth-order valence-corrected chi connectivity index (χ4v) is 3.02. The summed E-state index contributed by atoms with van der Waals surface area (Å²) >= 11 is 0. The Labute approximate surface area is 185 Å². The maximum Gasteiger partial charge on any atom is 0.330 e. The van der Waals surface area contributed by atoms with Gasteiger partial charge in [-0.3, -0.25) is 4.99 Å². The van der Waals surface area contributed by atoms with Crippen LogP contribution in [0.5, 0.6) is 0 Å². The second kappa shape index (κ2) is 10.8. The Bertz CT molecular complexity index is 741. The molecule has 0 bridgehead atoms. The lowest BCUT2D eigenvalue weighted by Crippen LogP contribution is -2.49. The summed E-state index contributed by atoms with van der Waals surface area (Å²) in [5, 5.41) is 10.2. The summed E-state index contributed by atoms with van der Waals surface area (Å²) in [5.41, 5.74) is 8.89. The zero-order chi connectivity index (χ0) is 23.2. The van der Waals surface area contributed by atoms with Crippen LogP contribution in [-0.4, -0.2) is 67.4 Å². The van der Waals surface area contributed by atoms with Gasteiger partial charge in [0.15, 0.2) is 0 Å². The number of nitrogens with zero attached hydrogens (tertiary/aromatic N) is 1. The molecule has 0 saturated heterocycles. The van der Waals surface area contributed by atoms with E-state index in [0.717, 1.165) is 34.7 Å². The topological polar surface area (TPSA) is 77.1 Å². The molecule has 5 nitrogen and oxygen atoms in total. The maximum atomic E-state index is 10.2. The third kappa shape index (κ3) is 8.84. The predicted octanol–water partition coefficient (Wildman–Crippen LogP) is 3.32. The molecule has 7 heteroatoms. The zero-order valence-corrected chi connectivity index (χ0v) is 21.0.